The van der Waals surface area contributed by atoms with E-state index in [1.807, 2.05) is 59.3 Å². The number of ether oxygens (including phenoxy) is 1. The summed E-state index contributed by atoms with van der Waals surface area (Å²) in [4.78, 5) is 22.1. The number of aliphatic imine (C=N–C) groups is 1. The van der Waals surface area contributed by atoms with Crippen molar-refractivity contribution in [3.8, 4) is 16.9 Å². The fraction of sp³-hybridized carbons (Fsp3) is 0.310. The number of piperidine rings is 1. The molecule has 0 saturated carbocycles. The molecule has 2 aliphatic rings. The summed E-state index contributed by atoms with van der Waals surface area (Å²) in [7, 11) is 3.69. The Kier molecular flexibility index (Phi) is 6.20. The fourth-order valence-corrected chi connectivity index (χ4v) is 5.47. The maximum Gasteiger partial charge on any atom is 0.253 e. The molecule has 1 saturated heterocycles. The highest BCUT2D eigenvalue weighted by Gasteiger charge is 2.47. The van der Waals surface area contributed by atoms with Crippen LogP contribution in [0.5, 0.6) is 5.75 Å². The standard InChI is InChI=1S/C29H32N4O2/c1-32-20-29(31-28(32)30,24-14-16-33(17-15-24)27(34)21-8-4-3-5-9-21)25-12-6-10-22(18-25)23-11-7-13-26(19-23)35-2/h3-13,18-19,24H,14-17,20H2,1-2H3,(H2,30,31). The Bertz CT molecular complexity index is 1230. The van der Waals surface area contributed by atoms with E-state index in [0.717, 1.165) is 60.5 Å². The average molecular weight is 469 g/mol. The zero-order valence-corrected chi connectivity index (χ0v) is 20.4. The van der Waals surface area contributed by atoms with Gasteiger partial charge in [0.1, 0.15) is 11.3 Å². The minimum Gasteiger partial charge on any atom is -0.497 e. The van der Waals surface area contributed by atoms with E-state index in [-0.39, 0.29) is 11.8 Å². The van der Waals surface area contributed by atoms with Crippen LogP contribution in [0.4, 0.5) is 0 Å². The van der Waals surface area contributed by atoms with E-state index in [1.165, 1.54) is 0 Å². The molecule has 0 bridgehead atoms. The number of methoxy groups -OCH3 is 1. The van der Waals surface area contributed by atoms with E-state index in [2.05, 4.69) is 36.4 Å². The van der Waals surface area contributed by atoms with Gasteiger partial charge in [0.05, 0.1) is 13.7 Å². The van der Waals surface area contributed by atoms with E-state index in [9.17, 15) is 4.79 Å². The first-order valence-corrected chi connectivity index (χ1v) is 12.2. The lowest BCUT2D eigenvalue weighted by molar-refractivity contribution is 0.0634. The van der Waals surface area contributed by atoms with Crippen LogP contribution in [-0.2, 0) is 5.54 Å². The minimum absolute atomic E-state index is 0.102. The first-order valence-electron chi connectivity index (χ1n) is 12.2. The van der Waals surface area contributed by atoms with Crippen molar-refractivity contribution < 1.29 is 9.53 Å². The number of carbonyl (C=O) groups excluding carboxylic acids is 1. The lowest BCUT2D eigenvalue weighted by atomic mass is 9.73. The minimum atomic E-state index is -0.435. The Balaban J connectivity index is 1.43. The predicted octanol–water partition coefficient (Wildman–Crippen LogP) is 4.37. The number of benzene rings is 3. The topological polar surface area (TPSA) is 71.2 Å². The molecular formula is C29H32N4O2. The van der Waals surface area contributed by atoms with Crippen LogP contribution < -0.4 is 10.5 Å². The first-order chi connectivity index (χ1) is 17.0. The Hall–Kier alpha value is -3.80. The Morgan fingerprint density at radius 3 is 2.31 bits per heavy atom. The molecule has 1 unspecified atom stereocenters. The van der Waals surface area contributed by atoms with Gasteiger partial charge in [-0.2, -0.15) is 0 Å². The molecule has 180 valence electrons. The van der Waals surface area contributed by atoms with Crippen molar-refractivity contribution in [2.24, 2.45) is 16.6 Å². The van der Waals surface area contributed by atoms with Gasteiger partial charge in [0, 0.05) is 25.7 Å². The number of rotatable bonds is 5. The first kappa shape index (κ1) is 23.0. The van der Waals surface area contributed by atoms with Crippen LogP contribution in [-0.4, -0.2) is 55.5 Å². The van der Waals surface area contributed by atoms with Crippen molar-refractivity contribution in [3.05, 3.63) is 90.0 Å². The molecule has 6 heteroatoms. The third-order valence-electron chi connectivity index (χ3n) is 7.43. The van der Waals surface area contributed by atoms with Gasteiger partial charge < -0.3 is 20.3 Å². The highest BCUT2D eigenvalue weighted by Crippen LogP contribution is 2.44. The van der Waals surface area contributed by atoms with E-state index < -0.39 is 5.54 Å². The van der Waals surface area contributed by atoms with E-state index in [1.54, 1.807) is 7.11 Å². The predicted molar refractivity (Wildman–Crippen MR) is 139 cm³/mol. The number of carbonyl (C=O) groups is 1. The number of nitrogens with zero attached hydrogens (tertiary/aromatic N) is 3. The van der Waals surface area contributed by atoms with Gasteiger partial charge in [-0.05, 0) is 65.8 Å². The average Bonchev–Trinajstić information content (AvgIpc) is 3.24. The fourth-order valence-electron chi connectivity index (χ4n) is 5.47. The molecule has 2 aliphatic heterocycles. The lowest BCUT2D eigenvalue weighted by Gasteiger charge is -2.41. The van der Waals surface area contributed by atoms with Crippen LogP contribution in [0.2, 0.25) is 0 Å². The maximum atomic E-state index is 13.0. The summed E-state index contributed by atoms with van der Waals surface area (Å²) >= 11 is 0. The number of nitrogens with two attached hydrogens (primary N) is 1. The van der Waals surface area contributed by atoms with Gasteiger partial charge in [0.25, 0.3) is 5.91 Å². The molecule has 2 N–H and O–H groups in total. The summed E-state index contributed by atoms with van der Waals surface area (Å²) in [5, 5.41) is 0. The van der Waals surface area contributed by atoms with E-state index >= 15 is 0 Å². The zero-order valence-electron chi connectivity index (χ0n) is 20.4. The van der Waals surface area contributed by atoms with Crippen LogP contribution in [0, 0.1) is 5.92 Å². The second-order valence-electron chi connectivity index (χ2n) is 9.50. The Labute approximate surface area is 207 Å². The van der Waals surface area contributed by atoms with Crippen LogP contribution in [0.1, 0.15) is 28.8 Å². The van der Waals surface area contributed by atoms with Crippen molar-refractivity contribution in [2.45, 2.75) is 18.4 Å². The molecule has 0 spiro atoms. The second kappa shape index (κ2) is 9.45. The van der Waals surface area contributed by atoms with Gasteiger partial charge >= 0.3 is 0 Å². The summed E-state index contributed by atoms with van der Waals surface area (Å²) < 4.78 is 5.43. The van der Waals surface area contributed by atoms with Crippen LogP contribution >= 0.6 is 0 Å². The van der Waals surface area contributed by atoms with E-state index in [0.29, 0.717) is 5.96 Å². The molecule has 3 aromatic carbocycles. The Morgan fingerprint density at radius 2 is 1.66 bits per heavy atom. The summed E-state index contributed by atoms with van der Waals surface area (Å²) in [6.45, 7) is 2.17. The van der Waals surface area contributed by atoms with Crippen molar-refractivity contribution in [3.63, 3.8) is 0 Å². The monoisotopic (exact) mass is 468 g/mol. The smallest absolute Gasteiger partial charge is 0.253 e. The summed E-state index contributed by atoms with van der Waals surface area (Å²) in [6.07, 6.45) is 1.76. The highest BCUT2D eigenvalue weighted by atomic mass is 16.5. The quantitative estimate of drug-likeness (QED) is 0.604. The number of hydrogen-bond acceptors (Lipinski definition) is 5. The molecule has 1 atom stereocenters. The number of likely N-dealkylation sites (N-methyl/N-ethyl adjacent to an activating group) is 1. The third kappa shape index (κ3) is 4.36. The Morgan fingerprint density at radius 1 is 0.971 bits per heavy atom. The van der Waals surface area contributed by atoms with Gasteiger partial charge in [0.15, 0.2) is 5.96 Å². The van der Waals surface area contributed by atoms with Crippen molar-refractivity contribution >= 4 is 11.9 Å². The molecule has 0 radical (unpaired) electrons. The van der Waals surface area contributed by atoms with Crippen molar-refractivity contribution in [1.82, 2.24) is 9.80 Å². The molecule has 2 heterocycles. The van der Waals surface area contributed by atoms with Crippen molar-refractivity contribution in [1.29, 1.82) is 0 Å². The number of amides is 1. The molecule has 3 aromatic rings. The largest absolute Gasteiger partial charge is 0.497 e. The summed E-state index contributed by atoms with van der Waals surface area (Å²) in [5.41, 5.74) is 10.0. The molecule has 0 aliphatic carbocycles. The SMILES string of the molecule is COc1cccc(-c2cccc(C3(C4CCN(C(=O)c5ccccc5)CC4)CN(C)C(N)=N3)c2)c1. The molecule has 1 fully saturated rings. The zero-order chi connectivity index (χ0) is 24.4. The van der Waals surface area contributed by atoms with Crippen molar-refractivity contribution in [2.75, 3.05) is 33.8 Å². The molecule has 6 nitrogen and oxygen atoms in total. The molecule has 1 amide bonds. The van der Waals surface area contributed by atoms with Gasteiger partial charge in [-0.25, -0.2) is 4.99 Å². The van der Waals surface area contributed by atoms with Crippen LogP contribution in [0.3, 0.4) is 0 Å². The second-order valence-corrected chi connectivity index (χ2v) is 9.50. The maximum absolute atomic E-state index is 13.0. The van der Waals surface area contributed by atoms with Gasteiger partial charge in [-0.3, -0.25) is 4.79 Å². The summed E-state index contributed by atoms with van der Waals surface area (Å²) in [6, 6.07) is 26.3. The van der Waals surface area contributed by atoms with Crippen LogP contribution in [0.15, 0.2) is 83.9 Å². The van der Waals surface area contributed by atoms with Gasteiger partial charge in [-0.1, -0.05) is 48.5 Å². The van der Waals surface area contributed by atoms with E-state index in [4.69, 9.17) is 15.5 Å². The lowest BCUT2D eigenvalue weighted by Crippen LogP contribution is -2.46. The number of hydrogen-bond donors (Lipinski definition) is 1. The molecule has 35 heavy (non-hydrogen) atoms. The molecule has 5 rings (SSSR count). The van der Waals surface area contributed by atoms with Gasteiger partial charge in [-0.15, -0.1) is 0 Å². The summed E-state index contributed by atoms with van der Waals surface area (Å²) in [5.74, 6) is 1.79. The normalized spacial score (nSPS) is 20.6. The number of likely N-dealkylation sites (tertiary alicyclic amines) is 1. The molecule has 0 aromatic heterocycles. The molecular weight excluding hydrogens is 436 g/mol. The third-order valence-corrected chi connectivity index (χ3v) is 7.43. The van der Waals surface area contributed by atoms with Crippen LogP contribution in [0.25, 0.3) is 11.1 Å². The van der Waals surface area contributed by atoms with Gasteiger partial charge in [0.2, 0.25) is 0 Å². The highest BCUT2D eigenvalue weighted by molar-refractivity contribution is 5.94. The number of guanidine groups is 1.